The molecule has 2 aliphatic heterocycles. The second-order valence-electron chi connectivity index (χ2n) is 9.23. The minimum Gasteiger partial charge on any atom is -0.355 e. The van der Waals surface area contributed by atoms with E-state index in [4.69, 9.17) is 4.74 Å². The summed E-state index contributed by atoms with van der Waals surface area (Å²) in [5.41, 5.74) is -0.121. The van der Waals surface area contributed by atoms with Crippen LogP contribution in [-0.2, 0) is 9.53 Å². The van der Waals surface area contributed by atoms with E-state index in [1.54, 1.807) is 0 Å². The fourth-order valence-corrected chi connectivity index (χ4v) is 2.80. The minimum absolute atomic E-state index is 0.0164. The van der Waals surface area contributed by atoms with Crippen molar-refractivity contribution in [2.45, 2.75) is 79.6 Å². The van der Waals surface area contributed by atoms with Crippen LogP contribution < -0.4 is 5.32 Å². The molecule has 0 aromatic rings. The maximum absolute atomic E-state index is 12.1. The summed E-state index contributed by atoms with van der Waals surface area (Å²) in [7, 11) is 0. The van der Waals surface area contributed by atoms with Crippen LogP contribution in [0.2, 0.25) is 0 Å². The van der Waals surface area contributed by atoms with Gasteiger partial charge in [0.25, 0.3) is 0 Å². The van der Waals surface area contributed by atoms with Crippen molar-refractivity contribution in [2.75, 3.05) is 0 Å². The number of amidine groups is 1. The van der Waals surface area contributed by atoms with E-state index in [0.717, 1.165) is 25.7 Å². The fourth-order valence-electron chi connectivity index (χ4n) is 2.80. The van der Waals surface area contributed by atoms with E-state index < -0.39 is 5.41 Å². The zero-order valence-electron chi connectivity index (χ0n) is 16.6. The summed E-state index contributed by atoms with van der Waals surface area (Å²) >= 11 is 0. The van der Waals surface area contributed by atoms with Gasteiger partial charge in [-0.1, -0.05) is 48.1 Å². The molecule has 1 fully saturated rings. The van der Waals surface area contributed by atoms with Gasteiger partial charge in [0.15, 0.2) is 0 Å². The second-order valence-corrected chi connectivity index (χ2v) is 9.23. The van der Waals surface area contributed by atoms with Gasteiger partial charge < -0.3 is 15.0 Å². The van der Waals surface area contributed by atoms with Gasteiger partial charge in [0.1, 0.15) is 17.9 Å². The molecule has 25 heavy (non-hydrogen) atoms. The number of carbonyl (C=O) groups is 1. The molecule has 5 heteroatoms. The third-order valence-electron chi connectivity index (χ3n) is 4.48. The Morgan fingerprint density at radius 3 is 2.56 bits per heavy atom. The highest BCUT2D eigenvalue weighted by Crippen LogP contribution is 2.32. The van der Waals surface area contributed by atoms with Gasteiger partial charge in [-0.05, 0) is 37.2 Å². The van der Waals surface area contributed by atoms with Gasteiger partial charge in [0.2, 0.25) is 5.91 Å². The molecule has 140 valence electrons. The number of rotatable bonds is 3. The van der Waals surface area contributed by atoms with Crippen molar-refractivity contribution in [1.82, 2.24) is 10.2 Å². The molecular weight excluding hydrogens is 314 g/mol. The van der Waals surface area contributed by atoms with E-state index >= 15 is 0 Å². The summed E-state index contributed by atoms with van der Waals surface area (Å²) in [6.07, 6.45) is 8.28. The largest absolute Gasteiger partial charge is 0.355 e. The van der Waals surface area contributed by atoms with Crippen molar-refractivity contribution in [3.05, 3.63) is 24.7 Å². The lowest BCUT2D eigenvalue weighted by Gasteiger charge is -2.30. The third-order valence-corrected chi connectivity index (χ3v) is 4.48. The smallest absolute Gasteiger partial charge is 0.230 e. The first kappa shape index (κ1) is 19.7. The number of aliphatic imine (C=N–C) groups is 1. The molecule has 1 N–H and O–H groups in total. The molecule has 0 bridgehead atoms. The molecule has 2 rings (SSSR count). The molecule has 1 saturated heterocycles. The molecule has 0 aromatic heterocycles. The average Bonchev–Trinajstić information content (AvgIpc) is 2.92. The van der Waals surface area contributed by atoms with Crippen molar-refractivity contribution in [3.63, 3.8) is 0 Å². The lowest BCUT2D eigenvalue weighted by Crippen LogP contribution is -2.40. The predicted octanol–water partition coefficient (Wildman–Crippen LogP) is 4.18. The van der Waals surface area contributed by atoms with E-state index in [2.05, 4.69) is 37.7 Å². The molecule has 2 aliphatic rings. The standard InChI is InChI=1S/C20H33N3O2/c1-14-21-16(22-18(24)20(5,6)7)11-13-23(14)17-9-8-15(25-17)10-12-19(2,3)4/h11,13,15,17H,1,8-10,12H2,2-7H3,(H,21,22,24). The van der Waals surface area contributed by atoms with Gasteiger partial charge in [0.05, 0.1) is 6.10 Å². The fraction of sp³-hybridized carbons (Fsp3) is 0.700. The summed E-state index contributed by atoms with van der Waals surface area (Å²) < 4.78 is 6.19. The third kappa shape index (κ3) is 5.70. The van der Waals surface area contributed by atoms with Crippen LogP contribution in [0, 0.1) is 10.8 Å². The molecule has 0 aromatic carbocycles. The Morgan fingerprint density at radius 1 is 1.32 bits per heavy atom. The highest BCUT2D eigenvalue weighted by Gasteiger charge is 2.32. The van der Waals surface area contributed by atoms with Crippen LogP contribution >= 0.6 is 0 Å². The van der Waals surface area contributed by atoms with Crippen molar-refractivity contribution < 1.29 is 9.53 Å². The number of nitrogens with one attached hydrogen (secondary N) is 1. The highest BCUT2D eigenvalue weighted by atomic mass is 16.5. The number of amides is 1. The van der Waals surface area contributed by atoms with E-state index in [9.17, 15) is 4.79 Å². The lowest BCUT2D eigenvalue weighted by molar-refractivity contribution is -0.126. The van der Waals surface area contributed by atoms with E-state index in [0.29, 0.717) is 23.2 Å². The molecular formula is C20H33N3O2. The van der Waals surface area contributed by atoms with Crippen LogP contribution in [0.4, 0.5) is 0 Å². The van der Waals surface area contributed by atoms with Crippen LogP contribution in [-0.4, -0.2) is 29.0 Å². The quantitative estimate of drug-likeness (QED) is 0.833. The Labute approximate surface area is 152 Å². The minimum atomic E-state index is -0.455. The van der Waals surface area contributed by atoms with Crippen LogP contribution in [0.3, 0.4) is 0 Å². The Morgan fingerprint density at radius 2 is 2.00 bits per heavy atom. The van der Waals surface area contributed by atoms with Crippen LogP contribution in [0.25, 0.3) is 0 Å². The van der Waals surface area contributed by atoms with E-state index in [-0.39, 0.29) is 12.1 Å². The van der Waals surface area contributed by atoms with Crippen molar-refractivity contribution in [2.24, 2.45) is 15.8 Å². The second kappa shape index (κ2) is 7.32. The van der Waals surface area contributed by atoms with Crippen LogP contribution in [0.5, 0.6) is 0 Å². The summed E-state index contributed by atoms with van der Waals surface area (Å²) in [4.78, 5) is 18.5. The Hall–Kier alpha value is -1.62. The van der Waals surface area contributed by atoms with Crippen molar-refractivity contribution in [1.29, 1.82) is 0 Å². The summed E-state index contributed by atoms with van der Waals surface area (Å²) in [6.45, 7) is 16.4. The summed E-state index contributed by atoms with van der Waals surface area (Å²) in [6, 6.07) is 0. The molecule has 0 aliphatic carbocycles. The van der Waals surface area contributed by atoms with Crippen molar-refractivity contribution >= 4 is 11.7 Å². The summed E-state index contributed by atoms with van der Waals surface area (Å²) in [5, 5.41) is 2.84. The predicted molar refractivity (Wildman–Crippen MR) is 102 cm³/mol. The van der Waals surface area contributed by atoms with Gasteiger partial charge >= 0.3 is 0 Å². The first-order valence-electron chi connectivity index (χ1n) is 9.17. The zero-order chi connectivity index (χ0) is 18.8. The maximum atomic E-state index is 12.1. The van der Waals surface area contributed by atoms with Gasteiger partial charge in [-0.3, -0.25) is 4.79 Å². The first-order chi connectivity index (χ1) is 11.5. The van der Waals surface area contributed by atoms with E-state index in [1.165, 1.54) is 0 Å². The Balaban J connectivity index is 1.89. The number of ether oxygens (including phenoxy) is 1. The Bertz CT molecular complexity index is 579. The molecule has 0 radical (unpaired) electrons. The molecule has 2 atom stereocenters. The molecule has 5 nitrogen and oxygen atoms in total. The highest BCUT2D eigenvalue weighted by molar-refractivity contribution is 6.06. The monoisotopic (exact) mass is 347 g/mol. The van der Waals surface area contributed by atoms with Gasteiger partial charge in [-0.2, -0.15) is 0 Å². The first-order valence-corrected chi connectivity index (χ1v) is 9.17. The maximum Gasteiger partial charge on any atom is 0.230 e. The molecule has 1 amide bonds. The van der Waals surface area contributed by atoms with E-state index in [1.807, 2.05) is 37.9 Å². The SMILES string of the molecule is C=C1N=C(NC(=O)C(C)(C)C)C=CN1C1CCC(CCC(C)(C)C)O1. The van der Waals surface area contributed by atoms with Gasteiger partial charge in [0, 0.05) is 11.6 Å². The van der Waals surface area contributed by atoms with Gasteiger partial charge in [-0.25, -0.2) is 4.99 Å². The number of hydrogen-bond acceptors (Lipinski definition) is 4. The molecule has 0 saturated carbocycles. The molecule has 2 heterocycles. The normalized spacial score (nSPS) is 24.5. The lowest BCUT2D eigenvalue weighted by atomic mass is 9.89. The van der Waals surface area contributed by atoms with Crippen LogP contribution in [0.1, 0.15) is 67.2 Å². The average molecular weight is 348 g/mol. The number of hydrogen-bond donors (Lipinski definition) is 1. The topological polar surface area (TPSA) is 53.9 Å². The number of carbonyl (C=O) groups excluding carboxylic acids is 1. The van der Waals surface area contributed by atoms with Crippen LogP contribution in [0.15, 0.2) is 29.7 Å². The summed E-state index contributed by atoms with van der Waals surface area (Å²) in [5.74, 6) is 1.08. The number of nitrogens with zero attached hydrogens (tertiary/aromatic N) is 2. The zero-order valence-corrected chi connectivity index (χ0v) is 16.6. The van der Waals surface area contributed by atoms with Crippen molar-refractivity contribution in [3.8, 4) is 0 Å². The molecule has 0 spiro atoms. The van der Waals surface area contributed by atoms with Gasteiger partial charge in [-0.15, -0.1) is 0 Å². The molecule has 2 unspecified atom stereocenters. The Kier molecular flexibility index (Phi) is 5.77.